The smallest absolute Gasteiger partial charge is 0.243 e. The van der Waals surface area contributed by atoms with Crippen LogP contribution in [-0.2, 0) is 14.8 Å². The van der Waals surface area contributed by atoms with Crippen molar-refractivity contribution in [1.82, 2.24) is 4.31 Å². The maximum atomic E-state index is 12.7. The zero-order valence-corrected chi connectivity index (χ0v) is 14.0. The fourth-order valence-corrected chi connectivity index (χ4v) is 4.27. The minimum absolute atomic E-state index is 0.185. The molecule has 1 saturated heterocycles. The fourth-order valence-electron chi connectivity index (χ4n) is 2.75. The average Bonchev–Trinajstić information content (AvgIpc) is 2.54. The third kappa shape index (κ3) is 3.50. The van der Waals surface area contributed by atoms with Crippen molar-refractivity contribution in [2.24, 2.45) is 11.7 Å². The lowest BCUT2D eigenvalue weighted by Crippen LogP contribution is -2.44. The summed E-state index contributed by atoms with van der Waals surface area (Å²) in [6.07, 6.45) is 2.34. The van der Waals surface area contributed by atoms with Crippen LogP contribution in [0.25, 0.3) is 0 Å². The first kappa shape index (κ1) is 17.0. The number of carbonyl (C=O) groups excluding carboxylic acids is 1. The average molecular weight is 324 g/mol. The summed E-state index contributed by atoms with van der Waals surface area (Å²) in [5, 5.41) is 0. The summed E-state index contributed by atoms with van der Waals surface area (Å²) >= 11 is 0. The molecule has 0 aliphatic carbocycles. The number of hydrogen-bond acceptors (Lipinski definition) is 3. The molecule has 0 bridgehead atoms. The van der Waals surface area contributed by atoms with Crippen molar-refractivity contribution in [2.45, 2.75) is 43.9 Å². The van der Waals surface area contributed by atoms with Gasteiger partial charge in [0.25, 0.3) is 0 Å². The molecule has 1 amide bonds. The van der Waals surface area contributed by atoms with E-state index < -0.39 is 15.9 Å². The highest BCUT2D eigenvalue weighted by Crippen LogP contribution is 2.25. The molecule has 2 unspecified atom stereocenters. The molecule has 1 aromatic rings. The molecule has 6 heteroatoms. The molecule has 2 N–H and O–H groups in total. The molecule has 1 aromatic carbocycles. The molecule has 0 aromatic heterocycles. The molecular weight excluding hydrogens is 300 g/mol. The number of primary amides is 1. The van der Waals surface area contributed by atoms with Gasteiger partial charge in [0.15, 0.2) is 0 Å². The van der Waals surface area contributed by atoms with Gasteiger partial charge in [-0.3, -0.25) is 4.79 Å². The lowest BCUT2D eigenvalue weighted by atomic mass is 9.99. The number of amides is 1. The monoisotopic (exact) mass is 324 g/mol. The van der Waals surface area contributed by atoms with Gasteiger partial charge in [0.1, 0.15) is 0 Å². The van der Waals surface area contributed by atoms with E-state index in [4.69, 9.17) is 5.73 Å². The summed E-state index contributed by atoms with van der Waals surface area (Å²) in [6, 6.07) is 7.06. The number of carbonyl (C=O) groups is 1. The van der Waals surface area contributed by atoms with Gasteiger partial charge in [-0.15, -0.1) is 0 Å². The van der Waals surface area contributed by atoms with E-state index in [0.717, 1.165) is 12.0 Å². The first-order valence-corrected chi connectivity index (χ1v) is 9.19. The van der Waals surface area contributed by atoms with Crippen molar-refractivity contribution in [3.63, 3.8) is 0 Å². The Morgan fingerprint density at radius 2 is 2.00 bits per heavy atom. The van der Waals surface area contributed by atoms with E-state index in [1.54, 1.807) is 12.1 Å². The largest absolute Gasteiger partial charge is 0.369 e. The summed E-state index contributed by atoms with van der Waals surface area (Å²) < 4.78 is 26.7. The van der Waals surface area contributed by atoms with Gasteiger partial charge in [0.05, 0.1) is 10.8 Å². The van der Waals surface area contributed by atoms with Crippen molar-refractivity contribution in [3.8, 4) is 0 Å². The number of rotatable bonds is 5. The molecule has 0 radical (unpaired) electrons. The maximum Gasteiger partial charge on any atom is 0.243 e. The van der Waals surface area contributed by atoms with Crippen molar-refractivity contribution in [3.05, 3.63) is 29.8 Å². The van der Waals surface area contributed by atoms with Crippen molar-refractivity contribution < 1.29 is 13.2 Å². The maximum absolute atomic E-state index is 12.7. The summed E-state index contributed by atoms with van der Waals surface area (Å²) in [5.74, 6) is -0.402. The number of sulfonamides is 1. The van der Waals surface area contributed by atoms with Gasteiger partial charge >= 0.3 is 0 Å². The standard InChI is InChI=1S/C16H24N2O3S/c1-3-12(2)13-6-8-15(9-7-13)22(20,21)18-10-4-5-14(11-18)16(17)19/h6-9,12,14H,3-5,10-11H2,1-2H3,(H2,17,19). The van der Waals surface area contributed by atoms with Crippen LogP contribution in [-0.4, -0.2) is 31.7 Å². The topological polar surface area (TPSA) is 80.5 Å². The molecule has 1 aliphatic rings. The highest BCUT2D eigenvalue weighted by molar-refractivity contribution is 7.89. The van der Waals surface area contributed by atoms with Crippen LogP contribution < -0.4 is 5.73 Å². The second-order valence-corrected chi connectivity index (χ2v) is 7.92. The van der Waals surface area contributed by atoms with Crippen LogP contribution in [0, 0.1) is 5.92 Å². The number of nitrogens with two attached hydrogens (primary N) is 1. The summed E-state index contributed by atoms with van der Waals surface area (Å²) in [6.45, 7) is 4.85. The normalized spacial score (nSPS) is 21.5. The molecule has 122 valence electrons. The number of benzene rings is 1. The van der Waals surface area contributed by atoms with Crippen molar-refractivity contribution in [1.29, 1.82) is 0 Å². The molecule has 5 nitrogen and oxygen atoms in total. The van der Waals surface area contributed by atoms with Gasteiger partial charge < -0.3 is 5.73 Å². The Hall–Kier alpha value is -1.40. The van der Waals surface area contributed by atoms with Crippen molar-refractivity contribution >= 4 is 15.9 Å². The molecule has 2 rings (SSSR count). The minimum atomic E-state index is -3.55. The molecule has 1 aliphatic heterocycles. The summed E-state index contributed by atoms with van der Waals surface area (Å²) in [7, 11) is -3.55. The molecule has 1 heterocycles. The van der Waals surface area contributed by atoms with Crippen LogP contribution in [0.5, 0.6) is 0 Å². The first-order chi connectivity index (χ1) is 10.4. The highest BCUT2D eigenvalue weighted by atomic mass is 32.2. The van der Waals surface area contributed by atoms with Crippen LogP contribution in [0.2, 0.25) is 0 Å². The second-order valence-electron chi connectivity index (χ2n) is 5.98. The van der Waals surface area contributed by atoms with Crippen molar-refractivity contribution in [2.75, 3.05) is 13.1 Å². The van der Waals surface area contributed by atoms with Gasteiger partial charge in [-0.25, -0.2) is 8.42 Å². The predicted molar refractivity (Wildman–Crippen MR) is 85.8 cm³/mol. The Morgan fingerprint density at radius 1 is 1.36 bits per heavy atom. The molecule has 22 heavy (non-hydrogen) atoms. The highest BCUT2D eigenvalue weighted by Gasteiger charge is 2.32. The molecule has 2 atom stereocenters. The quantitative estimate of drug-likeness (QED) is 0.900. The first-order valence-electron chi connectivity index (χ1n) is 7.75. The fraction of sp³-hybridized carbons (Fsp3) is 0.562. The SMILES string of the molecule is CCC(C)c1ccc(S(=O)(=O)N2CCCC(C(N)=O)C2)cc1. The molecular formula is C16H24N2O3S. The van der Waals surface area contributed by atoms with Gasteiger partial charge in [-0.05, 0) is 42.9 Å². The van der Waals surface area contributed by atoms with E-state index in [0.29, 0.717) is 25.3 Å². The van der Waals surface area contributed by atoms with Crippen LogP contribution in [0.3, 0.4) is 0 Å². The summed E-state index contributed by atoms with van der Waals surface area (Å²) in [4.78, 5) is 11.6. The second kappa shape index (κ2) is 6.79. The third-order valence-electron chi connectivity index (χ3n) is 4.49. The van der Waals surface area contributed by atoms with Gasteiger partial charge in [0, 0.05) is 13.1 Å². The van der Waals surface area contributed by atoms with E-state index in [2.05, 4.69) is 13.8 Å². The molecule has 0 spiro atoms. The number of nitrogens with zero attached hydrogens (tertiary/aromatic N) is 1. The van der Waals surface area contributed by atoms with Gasteiger partial charge in [0.2, 0.25) is 15.9 Å². The Balaban J connectivity index is 2.21. The van der Waals surface area contributed by atoms with Crippen LogP contribution in [0.1, 0.15) is 44.6 Å². The predicted octanol–water partition coefficient (Wildman–Crippen LogP) is 2.09. The zero-order chi connectivity index (χ0) is 16.3. The van der Waals surface area contributed by atoms with Gasteiger partial charge in [-0.1, -0.05) is 26.0 Å². The van der Waals surface area contributed by atoms with Crippen LogP contribution in [0.15, 0.2) is 29.2 Å². The Kier molecular flexibility index (Phi) is 5.24. The van der Waals surface area contributed by atoms with E-state index in [1.807, 2.05) is 12.1 Å². The zero-order valence-electron chi connectivity index (χ0n) is 13.2. The minimum Gasteiger partial charge on any atom is -0.369 e. The van der Waals surface area contributed by atoms with Gasteiger partial charge in [-0.2, -0.15) is 4.31 Å². The summed E-state index contributed by atoms with van der Waals surface area (Å²) in [5.41, 5.74) is 6.45. The van der Waals surface area contributed by atoms with Crippen LogP contribution >= 0.6 is 0 Å². The van der Waals surface area contributed by atoms with Crippen LogP contribution in [0.4, 0.5) is 0 Å². The van der Waals surface area contributed by atoms with E-state index in [9.17, 15) is 13.2 Å². The Bertz CT molecular complexity index is 625. The lowest BCUT2D eigenvalue weighted by Gasteiger charge is -2.30. The molecule has 0 saturated carbocycles. The Labute approximate surface area is 132 Å². The van der Waals surface area contributed by atoms with E-state index in [-0.39, 0.29) is 17.4 Å². The number of piperidine rings is 1. The lowest BCUT2D eigenvalue weighted by molar-refractivity contribution is -0.122. The van der Waals surface area contributed by atoms with E-state index in [1.165, 1.54) is 4.31 Å². The third-order valence-corrected chi connectivity index (χ3v) is 6.37. The Morgan fingerprint density at radius 3 is 2.55 bits per heavy atom. The van der Waals surface area contributed by atoms with E-state index >= 15 is 0 Å². The molecule has 1 fully saturated rings. The number of hydrogen-bond donors (Lipinski definition) is 1.